The lowest BCUT2D eigenvalue weighted by atomic mass is 10.2. The molecular weight excluding hydrogens is 238 g/mol. The maximum absolute atomic E-state index is 8.73. The molecule has 0 saturated carbocycles. The largest absolute Gasteiger partial charge is 0.381 e. The van der Waals surface area contributed by atoms with Gasteiger partial charge in [-0.2, -0.15) is 5.26 Å². The molecule has 0 radical (unpaired) electrons. The second kappa shape index (κ2) is 5.87. The molecule has 0 amide bonds. The summed E-state index contributed by atoms with van der Waals surface area (Å²) in [6.45, 7) is 3.21. The number of morpholine rings is 1. The van der Waals surface area contributed by atoms with Crippen molar-refractivity contribution in [2.45, 2.75) is 6.10 Å². The SMILES string of the molecule is N#Cc1ccc(NCC2CNCCO2)c(Cl)c1. The summed E-state index contributed by atoms with van der Waals surface area (Å²) in [5.74, 6) is 0. The third kappa shape index (κ3) is 3.34. The molecule has 90 valence electrons. The smallest absolute Gasteiger partial charge is 0.0992 e. The Balaban J connectivity index is 1.92. The van der Waals surface area contributed by atoms with Crippen LogP contribution >= 0.6 is 11.6 Å². The number of halogens is 1. The van der Waals surface area contributed by atoms with E-state index in [0.29, 0.717) is 17.1 Å². The number of hydrogen-bond donors (Lipinski definition) is 2. The minimum absolute atomic E-state index is 0.162. The van der Waals surface area contributed by atoms with Gasteiger partial charge in [0.1, 0.15) is 0 Å². The molecule has 1 heterocycles. The van der Waals surface area contributed by atoms with Crippen molar-refractivity contribution in [3.05, 3.63) is 28.8 Å². The molecule has 17 heavy (non-hydrogen) atoms. The number of ether oxygens (including phenoxy) is 1. The third-order valence-corrected chi connectivity index (χ3v) is 2.94. The zero-order valence-electron chi connectivity index (χ0n) is 9.37. The van der Waals surface area contributed by atoms with Crippen LogP contribution in [0.4, 0.5) is 5.69 Å². The Morgan fingerprint density at radius 3 is 3.12 bits per heavy atom. The summed E-state index contributed by atoms with van der Waals surface area (Å²) in [6, 6.07) is 7.27. The fourth-order valence-corrected chi connectivity index (χ4v) is 1.95. The van der Waals surface area contributed by atoms with E-state index in [0.717, 1.165) is 25.4 Å². The minimum Gasteiger partial charge on any atom is -0.381 e. The van der Waals surface area contributed by atoms with E-state index in [1.54, 1.807) is 12.1 Å². The van der Waals surface area contributed by atoms with Gasteiger partial charge in [0.25, 0.3) is 0 Å². The van der Waals surface area contributed by atoms with Crippen molar-refractivity contribution in [1.82, 2.24) is 5.32 Å². The Kier molecular flexibility index (Phi) is 4.21. The first-order valence-electron chi connectivity index (χ1n) is 5.55. The van der Waals surface area contributed by atoms with Gasteiger partial charge in [0.15, 0.2) is 0 Å². The summed E-state index contributed by atoms with van der Waals surface area (Å²) in [6.07, 6.45) is 0.162. The highest BCUT2D eigenvalue weighted by atomic mass is 35.5. The first-order valence-corrected chi connectivity index (χ1v) is 5.93. The number of rotatable bonds is 3. The van der Waals surface area contributed by atoms with Crippen LogP contribution < -0.4 is 10.6 Å². The summed E-state index contributed by atoms with van der Waals surface area (Å²) >= 11 is 6.06. The molecule has 2 rings (SSSR count). The van der Waals surface area contributed by atoms with Crippen molar-refractivity contribution in [2.75, 3.05) is 31.6 Å². The Morgan fingerprint density at radius 2 is 2.47 bits per heavy atom. The Labute approximate surface area is 106 Å². The van der Waals surface area contributed by atoms with Gasteiger partial charge in [0.2, 0.25) is 0 Å². The molecule has 1 aliphatic rings. The van der Waals surface area contributed by atoms with Crippen molar-refractivity contribution < 1.29 is 4.74 Å². The van der Waals surface area contributed by atoms with Gasteiger partial charge >= 0.3 is 0 Å². The number of anilines is 1. The van der Waals surface area contributed by atoms with Gasteiger partial charge in [-0.15, -0.1) is 0 Å². The molecule has 0 bridgehead atoms. The highest BCUT2D eigenvalue weighted by molar-refractivity contribution is 6.33. The molecule has 1 atom stereocenters. The quantitative estimate of drug-likeness (QED) is 0.857. The lowest BCUT2D eigenvalue weighted by molar-refractivity contribution is 0.0372. The predicted octanol–water partition coefficient (Wildman–Crippen LogP) is 1.61. The van der Waals surface area contributed by atoms with E-state index in [4.69, 9.17) is 21.6 Å². The highest BCUT2D eigenvalue weighted by Gasteiger charge is 2.13. The van der Waals surface area contributed by atoms with Gasteiger partial charge < -0.3 is 15.4 Å². The molecular formula is C12H14ClN3O. The summed E-state index contributed by atoms with van der Waals surface area (Å²) < 4.78 is 5.56. The second-order valence-corrected chi connectivity index (χ2v) is 4.29. The maximum Gasteiger partial charge on any atom is 0.0992 e. The van der Waals surface area contributed by atoms with Crippen LogP contribution in [-0.4, -0.2) is 32.3 Å². The molecule has 4 nitrogen and oxygen atoms in total. The molecule has 0 aromatic heterocycles. The predicted molar refractivity (Wildman–Crippen MR) is 67.3 cm³/mol. The third-order valence-electron chi connectivity index (χ3n) is 2.62. The standard InChI is InChI=1S/C12H14ClN3O/c13-11-5-9(6-14)1-2-12(11)16-8-10-7-15-3-4-17-10/h1-2,5,10,15-16H,3-4,7-8H2. The lowest BCUT2D eigenvalue weighted by Gasteiger charge is -2.24. The molecule has 1 aliphatic heterocycles. The zero-order chi connectivity index (χ0) is 12.1. The van der Waals surface area contributed by atoms with Crippen LogP contribution in [0.25, 0.3) is 0 Å². The van der Waals surface area contributed by atoms with Crippen LogP contribution in [0.5, 0.6) is 0 Å². The Bertz CT molecular complexity index is 424. The van der Waals surface area contributed by atoms with E-state index < -0.39 is 0 Å². The first kappa shape index (κ1) is 12.2. The monoisotopic (exact) mass is 251 g/mol. The number of nitrogens with zero attached hydrogens (tertiary/aromatic N) is 1. The van der Waals surface area contributed by atoms with E-state index in [9.17, 15) is 0 Å². The van der Waals surface area contributed by atoms with Crippen molar-refractivity contribution in [1.29, 1.82) is 5.26 Å². The maximum atomic E-state index is 8.73. The molecule has 1 aromatic rings. The van der Waals surface area contributed by atoms with Gasteiger partial charge in [0.05, 0.1) is 35.1 Å². The Hall–Kier alpha value is -1.28. The molecule has 1 saturated heterocycles. The summed E-state index contributed by atoms with van der Waals surface area (Å²) in [7, 11) is 0. The molecule has 0 aliphatic carbocycles. The van der Waals surface area contributed by atoms with Crippen LogP contribution in [0.2, 0.25) is 5.02 Å². The van der Waals surface area contributed by atoms with E-state index in [-0.39, 0.29) is 6.10 Å². The highest BCUT2D eigenvalue weighted by Crippen LogP contribution is 2.22. The molecule has 1 fully saturated rings. The normalized spacial score (nSPS) is 19.6. The average Bonchev–Trinajstić information content (AvgIpc) is 2.38. The number of nitriles is 1. The average molecular weight is 252 g/mol. The summed E-state index contributed by atoms with van der Waals surface area (Å²) in [4.78, 5) is 0. The number of hydrogen-bond acceptors (Lipinski definition) is 4. The van der Waals surface area contributed by atoms with E-state index in [2.05, 4.69) is 16.7 Å². The van der Waals surface area contributed by atoms with Crippen LogP contribution in [0.3, 0.4) is 0 Å². The van der Waals surface area contributed by atoms with Crippen molar-refractivity contribution in [2.24, 2.45) is 0 Å². The van der Waals surface area contributed by atoms with E-state index in [1.165, 1.54) is 0 Å². The summed E-state index contributed by atoms with van der Waals surface area (Å²) in [5.41, 5.74) is 1.40. The van der Waals surface area contributed by atoms with Crippen LogP contribution in [0.15, 0.2) is 18.2 Å². The van der Waals surface area contributed by atoms with Crippen molar-refractivity contribution in [3.8, 4) is 6.07 Å². The van der Waals surface area contributed by atoms with Gasteiger partial charge in [0, 0.05) is 19.6 Å². The fourth-order valence-electron chi connectivity index (χ4n) is 1.70. The number of nitrogens with one attached hydrogen (secondary N) is 2. The lowest BCUT2D eigenvalue weighted by Crippen LogP contribution is -2.42. The van der Waals surface area contributed by atoms with E-state index in [1.807, 2.05) is 6.07 Å². The zero-order valence-corrected chi connectivity index (χ0v) is 10.1. The molecule has 5 heteroatoms. The fraction of sp³-hybridized carbons (Fsp3) is 0.417. The van der Waals surface area contributed by atoms with Crippen LogP contribution in [0.1, 0.15) is 5.56 Å². The van der Waals surface area contributed by atoms with Crippen LogP contribution in [-0.2, 0) is 4.74 Å². The van der Waals surface area contributed by atoms with Gasteiger partial charge in [-0.3, -0.25) is 0 Å². The molecule has 2 N–H and O–H groups in total. The Morgan fingerprint density at radius 1 is 1.59 bits per heavy atom. The van der Waals surface area contributed by atoms with Crippen LogP contribution in [0, 0.1) is 11.3 Å². The van der Waals surface area contributed by atoms with Crippen molar-refractivity contribution >= 4 is 17.3 Å². The number of benzene rings is 1. The topological polar surface area (TPSA) is 57.1 Å². The van der Waals surface area contributed by atoms with Gasteiger partial charge in [-0.1, -0.05) is 11.6 Å². The molecule has 1 unspecified atom stereocenters. The first-order chi connectivity index (χ1) is 8.29. The summed E-state index contributed by atoms with van der Waals surface area (Å²) in [5, 5.41) is 15.8. The molecule has 1 aromatic carbocycles. The molecule has 0 spiro atoms. The second-order valence-electron chi connectivity index (χ2n) is 3.88. The van der Waals surface area contributed by atoms with Crippen molar-refractivity contribution in [3.63, 3.8) is 0 Å². The van der Waals surface area contributed by atoms with Gasteiger partial charge in [-0.05, 0) is 18.2 Å². The van der Waals surface area contributed by atoms with E-state index >= 15 is 0 Å². The minimum atomic E-state index is 0.162. The van der Waals surface area contributed by atoms with Gasteiger partial charge in [-0.25, -0.2) is 0 Å².